The summed E-state index contributed by atoms with van der Waals surface area (Å²) in [6, 6.07) is 9.31. The number of likely N-dealkylation sites (N-methyl/N-ethyl adjacent to an activating group) is 1. The van der Waals surface area contributed by atoms with Crippen LogP contribution in [0.1, 0.15) is 47.6 Å². The maximum atomic E-state index is 14.9. The number of aryl methyl sites for hydroxylation is 1. The average molecular weight is 548 g/mol. The smallest absolute Gasteiger partial charge is 0.363 e. The van der Waals surface area contributed by atoms with Gasteiger partial charge in [0.25, 0.3) is 0 Å². The molecule has 1 aromatic heterocycles. The lowest BCUT2D eigenvalue weighted by atomic mass is 9.76. The maximum Gasteiger partial charge on any atom is 0.419 e. The van der Waals surface area contributed by atoms with E-state index in [0.29, 0.717) is 53.1 Å². The van der Waals surface area contributed by atoms with Gasteiger partial charge in [-0.25, -0.2) is 14.4 Å². The van der Waals surface area contributed by atoms with Crippen LogP contribution in [0.4, 0.5) is 29.1 Å². The highest BCUT2D eigenvalue weighted by Crippen LogP contribution is 2.44. The minimum atomic E-state index is -4.81. The van der Waals surface area contributed by atoms with Gasteiger partial charge in [-0.1, -0.05) is 23.7 Å². The van der Waals surface area contributed by atoms with E-state index in [9.17, 15) is 22.4 Å². The summed E-state index contributed by atoms with van der Waals surface area (Å²) in [4.78, 5) is 27.0. The van der Waals surface area contributed by atoms with Crippen LogP contribution >= 0.6 is 11.6 Å². The van der Waals surface area contributed by atoms with Crippen molar-refractivity contribution in [2.24, 2.45) is 0 Å². The molecule has 1 saturated heterocycles. The molecule has 3 heterocycles. The molecule has 0 bridgehead atoms. The van der Waals surface area contributed by atoms with Crippen LogP contribution in [-0.2, 0) is 22.9 Å². The number of carbonyl (C=O) groups excluding carboxylic acids is 1. The van der Waals surface area contributed by atoms with Crippen molar-refractivity contribution in [1.29, 1.82) is 0 Å². The van der Waals surface area contributed by atoms with Crippen LogP contribution in [-0.4, -0.2) is 40.9 Å². The number of carbonyl (C=O) groups is 1. The highest BCUT2D eigenvalue weighted by atomic mass is 35.5. The molecule has 2 atom stereocenters. The fourth-order valence-electron chi connectivity index (χ4n) is 5.43. The molecule has 200 valence electrons. The molecule has 1 unspecified atom stereocenters. The third-order valence-electron chi connectivity index (χ3n) is 7.30. The van der Waals surface area contributed by atoms with Gasteiger partial charge >= 0.3 is 6.18 Å². The van der Waals surface area contributed by atoms with Gasteiger partial charge in [-0.2, -0.15) is 13.2 Å². The molecular weight excluding hydrogens is 522 g/mol. The van der Waals surface area contributed by atoms with Gasteiger partial charge in [0.05, 0.1) is 23.8 Å². The van der Waals surface area contributed by atoms with E-state index in [1.165, 1.54) is 12.1 Å². The number of benzene rings is 2. The van der Waals surface area contributed by atoms with Gasteiger partial charge in [0, 0.05) is 28.4 Å². The summed E-state index contributed by atoms with van der Waals surface area (Å²) in [6.07, 6.45) is -4.27. The van der Waals surface area contributed by atoms with Crippen LogP contribution in [0.2, 0.25) is 5.02 Å². The molecule has 0 aliphatic carbocycles. The van der Waals surface area contributed by atoms with Gasteiger partial charge in [-0.3, -0.25) is 4.79 Å². The molecule has 5 rings (SSSR count). The molecule has 1 N–H and O–H groups in total. The van der Waals surface area contributed by atoms with Crippen molar-refractivity contribution in [3.05, 3.63) is 81.5 Å². The minimum absolute atomic E-state index is 0.0855. The first kappa shape index (κ1) is 26.4. The van der Waals surface area contributed by atoms with Gasteiger partial charge in [-0.15, -0.1) is 0 Å². The van der Waals surface area contributed by atoms with Crippen molar-refractivity contribution in [2.75, 3.05) is 30.4 Å². The highest BCUT2D eigenvalue weighted by Gasteiger charge is 2.53. The maximum absolute atomic E-state index is 14.9. The largest absolute Gasteiger partial charge is 0.419 e. The zero-order valence-corrected chi connectivity index (χ0v) is 21.8. The van der Waals surface area contributed by atoms with Crippen LogP contribution in [0.25, 0.3) is 0 Å². The Bertz CT molecular complexity index is 1400. The van der Waals surface area contributed by atoms with Gasteiger partial charge in [0.15, 0.2) is 0 Å². The summed E-state index contributed by atoms with van der Waals surface area (Å²) in [5.41, 5.74) is -0.471. The Morgan fingerprint density at radius 2 is 1.84 bits per heavy atom. The fraction of sp³-hybridized carbons (Fsp3) is 0.370. The summed E-state index contributed by atoms with van der Waals surface area (Å²) in [7, 11) is 1.94. The first-order valence-corrected chi connectivity index (χ1v) is 12.5. The second-order valence-electron chi connectivity index (χ2n) is 9.96. The molecule has 0 radical (unpaired) electrons. The Balaban J connectivity index is 1.60. The number of alkyl halides is 3. The number of fused-ring (bicyclic) bond motifs is 2. The third kappa shape index (κ3) is 4.49. The van der Waals surface area contributed by atoms with E-state index < -0.39 is 29.0 Å². The zero-order chi connectivity index (χ0) is 27.4. The number of halogens is 5. The molecule has 1 amide bonds. The number of nitrogens with zero attached hydrogens (tertiary/aromatic N) is 4. The van der Waals surface area contributed by atoms with Crippen molar-refractivity contribution in [3.63, 3.8) is 0 Å². The fourth-order valence-corrected chi connectivity index (χ4v) is 5.56. The normalized spacial score (nSPS) is 20.6. The molecule has 1 spiro atoms. The molecular formula is C27H26ClF4N5O. The Morgan fingerprint density at radius 1 is 1.13 bits per heavy atom. The van der Waals surface area contributed by atoms with E-state index in [4.69, 9.17) is 16.6 Å². The van der Waals surface area contributed by atoms with Crippen molar-refractivity contribution in [3.8, 4) is 0 Å². The van der Waals surface area contributed by atoms with Crippen molar-refractivity contribution in [1.82, 2.24) is 14.9 Å². The highest BCUT2D eigenvalue weighted by molar-refractivity contribution is 6.30. The average Bonchev–Trinajstić information content (AvgIpc) is 3.24. The lowest BCUT2D eigenvalue weighted by molar-refractivity contribution is -0.140. The minimum Gasteiger partial charge on any atom is -0.363 e. The summed E-state index contributed by atoms with van der Waals surface area (Å²) < 4.78 is 54.9. The number of hydrogen-bond donors (Lipinski definition) is 1. The second-order valence-corrected chi connectivity index (χ2v) is 10.4. The predicted octanol–water partition coefficient (Wildman–Crippen LogP) is 5.89. The van der Waals surface area contributed by atoms with E-state index in [1.54, 1.807) is 43.0 Å². The molecule has 1 fully saturated rings. The molecule has 38 heavy (non-hydrogen) atoms. The summed E-state index contributed by atoms with van der Waals surface area (Å²) in [5, 5.41) is 3.66. The number of hydrogen-bond acceptors (Lipinski definition) is 5. The number of anilines is 2. The number of nitrogens with one attached hydrogen (secondary N) is 1. The Morgan fingerprint density at radius 3 is 2.47 bits per heavy atom. The Labute approximate surface area is 222 Å². The Hall–Kier alpha value is -3.24. The molecule has 2 aromatic carbocycles. The predicted molar refractivity (Wildman–Crippen MR) is 137 cm³/mol. The van der Waals surface area contributed by atoms with Crippen molar-refractivity contribution < 1.29 is 22.4 Å². The molecule has 3 aromatic rings. The third-order valence-corrected chi connectivity index (χ3v) is 7.55. The molecule has 0 saturated carbocycles. The molecule has 2 aliphatic heterocycles. The summed E-state index contributed by atoms with van der Waals surface area (Å²) in [6.45, 7) is 4.56. The topological polar surface area (TPSA) is 61.4 Å². The standard InChI is InChI=1S/C27H26ClF4N5O/c1-15(19-5-4-6-21(22(19)29)27(30,31)32)33-24-20-13-37(18-9-7-17(28)8-10-18)25(38)26(11-12-36(3)14-26)23(20)34-16(2)35-24/h4-10,15H,11-14H2,1-3H3,(H,33,34,35)/t15-,26?/m1/s1. The lowest BCUT2D eigenvalue weighted by Gasteiger charge is -2.41. The first-order valence-electron chi connectivity index (χ1n) is 12.2. The van der Waals surface area contributed by atoms with Gasteiger partial charge in [-0.05, 0) is 64.2 Å². The van der Waals surface area contributed by atoms with Crippen LogP contribution < -0.4 is 10.2 Å². The van der Waals surface area contributed by atoms with E-state index in [2.05, 4.69) is 15.2 Å². The SMILES string of the molecule is Cc1nc(N[C@H](C)c2cccc(C(F)(F)F)c2F)c2c(n1)C1(CCN(C)C1)C(=O)N(c1ccc(Cl)cc1)C2. The zero-order valence-electron chi connectivity index (χ0n) is 21.0. The van der Waals surface area contributed by atoms with Gasteiger partial charge in [0.2, 0.25) is 5.91 Å². The van der Waals surface area contributed by atoms with Crippen molar-refractivity contribution >= 4 is 29.0 Å². The van der Waals surface area contributed by atoms with Crippen LogP contribution in [0.3, 0.4) is 0 Å². The quantitative estimate of drug-likeness (QED) is 0.413. The van der Waals surface area contributed by atoms with E-state index in [-0.39, 0.29) is 18.0 Å². The van der Waals surface area contributed by atoms with Crippen LogP contribution in [0.5, 0.6) is 0 Å². The molecule has 2 aliphatic rings. The first-order chi connectivity index (χ1) is 17.9. The lowest BCUT2D eigenvalue weighted by Crippen LogP contribution is -2.53. The van der Waals surface area contributed by atoms with E-state index in [0.717, 1.165) is 6.07 Å². The Kier molecular flexibility index (Phi) is 6.59. The summed E-state index contributed by atoms with van der Waals surface area (Å²) in [5.74, 6) is -0.647. The monoisotopic (exact) mass is 547 g/mol. The van der Waals surface area contributed by atoms with Crippen LogP contribution in [0, 0.1) is 12.7 Å². The molecule has 6 nitrogen and oxygen atoms in total. The number of likely N-dealkylation sites (tertiary alicyclic amines) is 1. The number of amides is 1. The van der Waals surface area contributed by atoms with Crippen LogP contribution in [0.15, 0.2) is 42.5 Å². The summed E-state index contributed by atoms with van der Waals surface area (Å²) >= 11 is 6.08. The van der Waals surface area contributed by atoms with Gasteiger partial charge < -0.3 is 15.1 Å². The van der Waals surface area contributed by atoms with Crippen molar-refractivity contribution in [2.45, 2.75) is 44.4 Å². The number of rotatable bonds is 4. The van der Waals surface area contributed by atoms with Gasteiger partial charge in [0.1, 0.15) is 22.9 Å². The van der Waals surface area contributed by atoms with E-state index in [1.807, 2.05) is 7.05 Å². The second kappa shape index (κ2) is 9.50. The number of aromatic nitrogens is 2. The van der Waals surface area contributed by atoms with E-state index >= 15 is 0 Å². The molecule has 11 heteroatoms.